The molecule has 192 valence electrons. The largest absolute Gasteiger partial charge is 0.433 e. The van der Waals surface area contributed by atoms with E-state index in [0.29, 0.717) is 28.1 Å². The molecule has 2 aromatic heterocycles. The van der Waals surface area contributed by atoms with E-state index in [1.165, 1.54) is 11.3 Å². The fourth-order valence-electron chi connectivity index (χ4n) is 3.98. The number of carbonyl (C=O) groups is 1. The summed E-state index contributed by atoms with van der Waals surface area (Å²) in [6.45, 7) is 6.54. The molecule has 1 saturated heterocycles. The van der Waals surface area contributed by atoms with Crippen molar-refractivity contribution in [2.24, 2.45) is 5.73 Å². The molecular weight excluding hydrogens is 488 g/mol. The lowest BCUT2D eigenvalue weighted by Gasteiger charge is -2.38. The molecule has 9 nitrogen and oxygen atoms in total. The first-order chi connectivity index (χ1) is 17.2. The van der Waals surface area contributed by atoms with E-state index in [0.717, 1.165) is 37.4 Å². The maximum Gasteiger partial charge on any atom is 0.387 e. The van der Waals surface area contributed by atoms with E-state index in [1.54, 1.807) is 29.8 Å². The zero-order valence-electron chi connectivity index (χ0n) is 20.3. The van der Waals surface area contributed by atoms with Crippen LogP contribution in [0, 0.1) is 6.92 Å². The number of aromatic nitrogens is 2. The van der Waals surface area contributed by atoms with Crippen molar-refractivity contribution in [3.05, 3.63) is 46.3 Å². The number of nitrogens with two attached hydrogens (primary N) is 1. The molecule has 0 unspecified atom stereocenters. The molecule has 0 bridgehead atoms. The van der Waals surface area contributed by atoms with Crippen LogP contribution in [-0.2, 0) is 0 Å². The summed E-state index contributed by atoms with van der Waals surface area (Å²) in [6, 6.07) is 7.35. The van der Waals surface area contributed by atoms with Gasteiger partial charge < -0.3 is 26.0 Å². The molecule has 0 atom stereocenters. The van der Waals surface area contributed by atoms with Crippen molar-refractivity contribution < 1.29 is 18.3 Å². The smallest absolute Gasteiger partial charge is 0.387 e. The highest BCUT2D eigenvalue weighted by Gasteiger charge is 2.21. The summed E-state index contributed by atoms with van der Waals surface area (Å²) in [5.74, 6) is 0.0825. The van der Waals surface area contributed by atoms with Gasteiger partial charge in [0.05, 0.1) is 11.4 Å². The monoisotopic (exact) mass is 517 g/mol. The van der Waals surface area contributed by atoms with Crippen LogP contribution in [0.25, 0.3) is 0 Å². The van der Waals surface area contributed by atoms with Crippen LogP contribution in [0.2, 0.25) is 0 Å². The summed E-state index contributed by atoms with van der Waals surface area (Å²) < 4.78 is 31.3. The van der Waals surface area contributed by atoms with Crippen LogP contribution in [0.15, 0.2) is 35.8 Å². The number of hydrogen-bond acceptors (Lipinski definition) is 9. The first kappa shape index (κ1) is 25.6. The lowest BCUT2D eigenvalue weighted by atomic mass is 10.2. The Morgan fingerprint density at radius 1 is 1.14 bits per heavy atom. The number of rotatable bonds is 9. The minimum Gasteiger partial charge on any atom is -0.433 e. The summed E-state index contributed by atoms with van der Waals surface area (Å²) >= 11 is 1.22. The highest BCUT2D eigenvalue weighted by Crippen LogP contribution is 2.34. The Morgan fingerprint density at radius 3 is 2.56 bits per heavy atom. The van der Waals surface area contributed by atoms with Crippen molar-refractivity contribution in [3.63, 3.8) is 0 Å². The molecule has 4 N–H and O–H groups in total. The second-order valence-electron chi connectivity index (χ2n) is 8.68. The SMILES string of the molecule is Cc1cnc(Nc2ccc(N3CCN(C(C)C)CC3)cc2OC(F)F)nc1Nc1ccsc1C(N)=O. The number of hydrogen-bond donors (Lipinski definition) is 3. The number of nitrogens with one attached hydrogen (secondary N) is 2. The predicted octanol–water partition coefficient (Wildman–Crippen LogP) is 4.56. The average Bonchev–Trinajstić information content (AvgIpc) is 3.30. The lowest BCUT2D eigenvalue weighted by Crippen LogP contribution is -2.48. The van der Waals surface area contributed by atoms with Gasteiger partial charge >= 0.3 is 6.61 Å². The van der Waals surface area contributed by atoms with Crippen LogP contribution >= 0.6 is 11.3 Å². The summed E-state index contributed by atoms with van der Waals surface area (Å²) in [5, 5.41) is 7.82. The molecule has 36 heavy (non-hydrogen) atoms. The molecule has 0 spiro atoms. The number of thiophene rings is 1. The van der Waals surface area contributed by atoms with Gasteiger partial charge in [-0.1, -0.05) is 0 Å². The van der Waals surface area contributed by atoms with Crippen molar-refractivity contribution in [1.82, 2.24) is 14.9 Å². The van der Waals surface area contributed by atoms with E-state index in [2.05, 4.69) is 44.2 Å². The number of ether oxygens (including phenoxy) is 1. The van der Waals surface area contributed by atoms with Gasteiger partial charge in [0.25, 0.3) is 5.91 Å². The molecule has 1 fully saturated rings. The number of halogens is 2. The highest BCUT2D eigenvalue weighted by molar-refractivity contribution is 7.12. The molecule has 4 rings (SSSR count). The third kappa shape index (κ3) is 6.00. The molecule has 1 aliphatic heterocycles. The van der Waals surface area contributed by atoms with Crippen LogP contribution in [0.3, 0.4) is 0 Å². The Morgan fingerprint density at radius 2 is 1.89 bits per heavy atom. The molecule has 0 saturated carbocycles. The summed E-state index contributed by atoms with van der Waals surface area (Å²) in [7, 11) is 0. The van der Waals surface area contributed by atoms with Crippen LogP contribution in [0.1, 0.15) is 29.1 Å². The summed E-state index contributed by atoms with van der Waals surface area (Å²) in [6.07, 6.45) is 1.59. The molecule has 1 aromatic carbocycles. The van der Waals surface area contributed by atoms with E-state index >= 15 is 0 Å². The van der Waals surface area contributed by atoms with E-state index < -0.39 is 12.5 Å². The first-order valence-electron chi connectivity index (χ1n) is 11.5. The van der Waals surface area contributed by atoms with E-state index in [1.807, 2.05) is 13.0 Å². The molecule has 0 radical (unpaired) electrons. The number of aryl methyl sites for hydroxylation is 1. The second-order valence-corrected chi connectivity index (χ2v) is 9.59. The van der Waals surface area contributed by atoms with E-state index in [-0.39, 0.29) is 11.7 Å². The Balaban J connectivity index is 1.55. The number of carbonyl (C=O) groups excluding carboxylic acids is 1. The van der Waals surface area contributed by atoms with Gasteiger partial charge in [-0.15, -0.1) is 11.3 Å². The molecule has 1 amide bonds. The number of nitrogens with zero attached hydrogens (tertiary/aromatic N) is 4. The topological polar surface area (TPSA) is 109 Å². The van der Waals surface area contributed by atoms with Crippen molar-refractivity contribution in [3.8, 4) is 5.75 Å². The Bertz CT molecular complexity index is 1210. The molecule has 1 aliphatic rings. The Kier molecular flexibility index (Phi) is 7.85. The fraction of sp³-hybridized carbons (Fsp3) is 0.375. The van der Waals surface area contributed by atoms with Crippen molar-refractivity contribution in [2.75, 3.05) is 41.7 Å². The third-order valence-electron chi connectivity index (χ3n) is 5.95. The van der Waals surface area contributed by atoms with Gasteiger partial charge in [-0.3, -0.25) is 9.69 Å². The molecule has 0 aliphatic carbocycles. The predicted molar refractivity (Wildman–Crippen MR) is 138 cm³/mol. The van der Waals surface area contributed by atoms with Crippen LogP contribution in [0.5, 0.6) is 5.75 Å². The zero-order valence-corrected chi connectivity index (χ0v) is 21.1. The highest BCUT2D eigenvalue weighted by atomic mass is 32.1. The number of piperazine rings is 1. The standard InChI is InChI=1S/C24H29F2N7O2S/c1-14(2)32-7-9-33(10-8-32)16-4-5-17(19(12-16)35-23(25)26)30-24-28-13-15(3)22(31-24)29-18-6-11-36-20(18)21(27)34/h4-6,11-14,23H,7-10H2,1-3H3,(H2,27,34)(H2,28,29,30,31). The summed E-state index contributed by atoms with van der Waals surface area (Å²) in [5.41, 5.74) is 7.80. The van der Waals surface area contributed by atoms with Crippen molar-refractivity contribution in [1.29, 1.82) is 0 Å². The normalized spacial score (nSPS) is 14.4. The number of benzene rings is 1. The van der Waals surface area contributed by atoms with Gasteiger partial charge in [0, 0.05) is 55.7 Å². The van der Waals surface area contributed by atoms with Gasteiger partial charge in [-0.2, -0.15) is 13.8 Å². The molecule has 3 heterocycles. The number of alkyl halides is 2. The second kappa shape index (κ2) is 11.0. The minimum absolute atomic E-state index is 0.00122. The third-order valence-corrected chi connectivity index (χ3v) is 6.88. The minimum atomic E-state index is -2.99. The Labute approximate surface area is 212 Å². The van der Waals surface area contributed by atoms with E-state index in [4.69, 9.17) is 10.5 Å². The Hall–Kier alpha value is -3.51. The zero-order chi connectivity index (χ0) is 25.8. The number of primary amides is 1. The van der Waals surface area contributed by atoms with Gasteiger partial charge in [-0.05, 0) is 44.4 Å². The molecule has 3 aromatic rings. The van der Waals surface area contributed by atoms with Gasteiger partial charge in [0.1, 0.15) is 10.7 Å². The lowest BCUT2D eigenvalue weighted by molar-refractivity contribution is -0.0493. The van der Waals surface area contributed by atoms with Gasteiger partial charge in [0.2, 0.25) is 5.95 Å². The number of anilines is 5. The van der Waals surface area contributed by atoms with Crippen molar-refractivity contribution in [2.45, 2.75) is 33.4 Å². The maximum absolute atomic E-state index is 13.2. The van der Waals surface area contributed by atoms with Crippen molar-refractivity contribution >= 4 is 46.1 Å². The summed E-state index contributed by atoms with van der Waals surface area (Å²) in [4.78, 5) is 25.3. The fourth-order valence-corrected chi connectivity index (χ4v) is 4.68. The van der Waals surface area contributed by atoms with E-state index in [9.17, 15) is 13.6 Å². The number of amides is 1. The molecule has 12 heteroatoms. The first-order valence-corrected chi connectivity index (χ1v) is 12.4. The quantitative estimate of drug-likeness (QED) is 0.379. The average molecular weight is 518 g/mol. The van der Waals surface area contributed by atoms with Gasteiger partial charge in [-0.25, -0.2) is 4.98 Å². The van der Waals surface area contributed by atoms with Crippen LogP contribution in [0.4, 0.5) is 37.6 Å². The molecular formula is C24H29F2N7O2S. The van der Waals surface area contributed by atoms with Crippen LogP contribution in [-0.4, -0.2) is 59.6 Å². The van der Waals surface area contributed by atoms with Gasteiger partial charge in [0.15, 0.2) is 5.75 Å². The van der Waals surface area contributed by atoms with Crippen LogP contribution < -0.4 is 26.0 Å². The maximum atomic E-state index is 13.2.